The Morgan fingerprint density at radius 1 is 0.698 bits per heavy atom. The van der Waals surface area contributed by atoms with E-state index in [9.17, 15) is 9.59 Å². The van der Waals surface area contributed by atoms with Crippen LogP contribution in [0.1, 0.15) is 12.8 Å². The van der Waals surface area contributed by atoms with Crippen molar-refractivity contribution in [3.05, 3.63) is 95.6 Å². The standard InChI is InChI=1S/C34H31N7O2/c35-30(15-32(37)42)34(31(36)16-33(38)43)17-23-12-19(2-6-27(23)41-34)21-4-8-29-25(14-21)24-13-20(3-7-28(24)40-29)18-1-5-26-22(11-18)9-10-39-26/h1-14,17,30-31,39-40H,15-16,35-36H2,(H2,37,42)(H2,38,43). The third kappa shape index (κ3) is 4.55. The summed E-state index contributed by atoms with van der Waals surface area (Å²) >= 11 is 0. The quantitative estimate of drug-likeness (QED) is 0.165. The van der Waals surface area contributed by atoms with Gasteiger partial charge in [0.15, 0.2) is 0 Å². The molecule has 2 aromatic heterocycles. The van der Waals surface area contributed by atoms with Crippen molar-refractivity contribution in [1.82, 2.24) is 9.97 Å². The van der Waals surface area contributed by atoms with Gasteiger partial charge in [0.2, 0.25) is 11.8 Å². The van der Waals surface area contributed by atoms with Gasteiger partial charge in [-0.3, -0.25) is 14.6 Å². The highest BCUT2D eigenvalue weighted by Gasteiger charge is 2.43. The number of amides is 2. The van der Waals surface area contributed by atoms with Gasteiger partial charge >= 0.3 is 0 Å². The monoisotopic (exact) mass is 569 g/mol. The van der Waals surface area contributed by atoms with E-state index in [2.05, 4.69) is 70.6 Å². The van der Waals surface area contributed by atoms with E-state index in [1.807, 2.05) is 30.5 Å². The summed E-state index contributed by atoms with van der Waals surface area (Å²) < 4.78 is 0. The number of nitrogens with two attached hydrogens (primary N) is 4. The van der Waals surface area contributed by atoms with Gasteiger partial charge in [-0.25, -0.2) is 0 Å². The van der Waals surface area contributed by atoms with Crippen molar-refractivity contribution in [2.75, 3.05) is 0 Å². The van der Waals surface area contributed by atoms with Gasteiger partial charge in [-0.15, -0.1) is 0 Å². The molecule has 2 unspecified atom stereocenters. The van der Waals surface area contributed by atoms with Crippen molar-refractivity contribution in [3.8, 4) is 22.3 Å². The molecular weight excluding hydrogens is 538 g/mol. The number of carbonyl (C=O) groups is 2. The number of nitrogens with one attached hydrogen (secondary N) is 2. The lowest BCUT2D eigenvalue weighted by atomic mass is 9.80. The summed E-state index contributed by atoms with van der Waals surface area (Å²) in [6.45, 7) is 0. The summed E-state index contributed by atoms with van der Waals surface area (Å²) in [6.07, 6.45) is 3.54. The van der Waals surface area contributed by atoms with Gasteiger partial charge < -0.3 is 32.9 Å². The zero-order chi connectivity index (χ0) is 29.9. The Labute approximate surface area is 246 Å². The van der Waals surface area contributed by atoms with E-state index >= 15 is 0 Å². The van der Waals surface area contributed by atoms with Crippen LogP contribution in [0, 0.1) is 0 Å². The van der Waals surface area contributed by atoms with Crippen molar-refractivity contribution in [3.63, 3.8) is 0 Å². The van der Waals surface area contributed by atoms with Gasteiger partial charge in [-0.1, -0.05) is 24.3 Å². The zero-order valence-electron chi connectivity index (χ0n) is 23.3. The van der Waals surface area contributed by atoms with Crippen LogP contribution in [0.4, 0.5) is 0 Å². The molecule has 1 aliphatic heterocycles. The first kappa shape index (κ1) is 26.6. The minimum Gasteiger partial charge on any atom is -0.370 e. The van der Waals surface area contributed by atoms with Crippen LogP contribution in [-0.2, 0) is 9.59 Å². The van der Waals surface area contributed by atoms with Gasteiger partial charge in [0.1, 0.15) is 5.54 Å². The minimum atomic E-state index is -1.19. The lowest BCUT2D eigenvalue weighted by molar-refractivity contribution is -0.118. The Balaban J connectivity index is 1.30. The van der Waals surface area contributed by atoms with E-state index in [1.54, 1.807) is 0 Å². The number of fused-ring (bicyclic) bond motifs is 5. The average Bonchev–Trinajstić information content (AvgIpc) is 3.70. The number of primary amides is 2. The summed E-state index contributed by atoms with van der Waals surface area (Å²) in [5, 5.41) is 4.93. The maximum Gasteiger partial charge on any atom is 0.219 e. The SMILES string of the molecule is NC(=O)CC(N)C1(C(N)CC(N)=O)C=c2cc(-c3ccc4[nH]c5ccc(-c6ccc7[nH]ccc7c6)cc5c4c3)ccc2=N1. The lowest BCUT2D eigenvalue weighted by Gasteiger charge is -2.35. The molecule has 0 fully saturated rings. The molecule has 0 saturated heterocycles. The van der Waals surface area contributed by atoms with Crippen molar-refractivity contribution in [2.45, 2.75) is 30.5 Å². The van der Waals surface area contributed by atoms with Crippen LogP contribution in [0.2, 0.25) is 0 Å². The number of rotatable bonds is 8. The Kier molecular flexibility index (Phi) is 6.16. The summed E-state index contributed by atoms with van der Waals surface area (Å²) in [6, 6.07) is 25.7. The second-order valence-corrected chi connectivity index (χ2v) is 11.4. The van der Waals surface area contributed by atoms with Crippen molar-refractivity contribution >= 4 is 50.6 Å². The molecule has 3 heterocycles. The second-order valence-electron chi connectivity index (χ2n) is 11.4. The number of aromatic amines is 2. The molecule has 2 amide bonds. The maximum absolute atomic E-state index is 11.7. The Morgan fingerprint density at radius 2 is 1.23 bits per heavy atom. The van der Waals surface area contributed by atoms with E-state index < -0.39 is 29.4 Å². The fourth-order valence-corrected chi connectivity index (χ4v) is 6.35. The summed E-state index contributed by atoms with van der Waals surface area (Å²) in [5.74, 6) is -1.14. The minimum absolute atomic E-state index is 0.133. The highest BCUT2D eigenvalue weighted by Crippen LogP contribution is 2.34. The van der Waals surface area contributed by atoms with Crippen LogP contribution < -0.4 is 33.5 Å². The van der Waals surface area contributed by atoms with E-state index in [0.717, 1.165) is 54.8 Å². The smallest absolute Gasteiger partial charge is 0.219 e. The van der Waals surface area contributed by atoms with Gasteiger partial charge in [-0.2, -0.15) is 0 Å². The van der Waals surface area contributed by atoms with Gasteiger partial charge in [0, 0.05) is 58.4 Å². The number of benzene rings is 4. The fourth-order valence-electron chi connectivity index (χ4n) is 6.35. The predicted molar refractivity (Wildman–Crippen MR) is 170 cm³/mol. The van der Waals surface area contributed by atoms with E-state index in [1.165, 1.54) is 5.39 Å². The molecule has 214 valence electrons. The van der Waals surface area contributed by atoms with Crippen molar-refractivity contribution in [1.29, 1.82) is 0 Å². The molecule has 2 atom stereocenters. The molecule has 10 N–H and O–H groups in total. The topological polar surface area (TPSA) is 182 Å². The molecule has 43 heavy (non-hydrogen) atoms. The molecule has 0 bridgehead atoms. The molecule has 0 spiro atoms. The molecular formula is C34H31N7O2. The Hall–Kier alpha value is -5.25. The number of hydrogen-bond donors (Lipinski definition) is 6. The molecule has 0 saturated carbocycles. The normalized spacial score (nSPS) is 17.4. The van der Waals surface area contributed by atoms with Crippen molar-refractivity contribution < 1.29 is 9.59 Å². The van der Waals surface area contributed by atoms with Gasteiger partial charge in [0.25, 0.3) is 0 Å². The summed E-state index contributed by atoms with van der Waals surface area (Å²) in [5.41, 5.74) is 30.1. The summed E-state index contributed by atoms with van der Waals surface area (Å²) in [4.78, 5) is 35.1. The molecule has 6 aromatic rings. The Morgan fingerprint density at radius 3 is 1.84 bits per heavy atom. The third-order valence-corrected chi connectivity index (χ3v) is 8.58. The molecule has 9 nitrogen and oxygen atoms in total. The first-order valence-electron chi connectivity index (χ1n) is 14.1. The van der Waals surface area contributed by atoms with Crippen LogP contribution >= 0.6 is 0 Å². The van der Waals surface area contributed by atoms with E-state index in [0.29, 0.717) is 5.36 Å². The molecule has 0 radical (unpaired) electrons. The molecule has 4 aromatic carbocycles. The fraction of sp³-hybridized carbons (Fsp3) is 0.147. The van der Waals surface area contributed by atoms with E-state index in [-0.39, 0.29) is 12.8 Å². The molecule has 1 aliphatic rings. The molecule has 0 aliphatic carbocycles. The molecule has 9 heteroatoms. The number of carbonyl (C=O) groups excluding carboxylic acids is 2. The molecule has 7 rings (SSSR count). The third-order valence-electron chi connectivity index (χ3n) is 8.58. The maximum atomic E-state index is 11.7. The summed E-state index contributed by atoms with van der Waals surface area (Å²) in [7, 11) is 0. The highest BCUT2D eigenvalue weighted by atomic mass is 16.1. The first-order valence-corrected chi connectivity index (χ1v) is 14.1. The van der Waals surface area contributed by atoms with Crippen LogP contribution in [-0.4, -0.2) is 39.4 Å². The number of aromatic nitrogens is 2. The van der Waals surface area contributed by atoms with E-state index in [4.69, 9.17) is 27.9 Å². The zero-order valence-corrected chi connectivity index (χ0v) is 23.3. The second kappa shape index (κ2) is 9.94. The number of H-pyrrole nitrogens is 2. The first-order chi connectivity index (χ1) is 20.7. The average molecular weight is 570 g/mol. The predicted octanol–water partition coefficient (Wildman–Crippen LogP) is 2.69. The largest absolute Gasteiger partial charge is 0.370 e. The van der Waals surface area contributed by atoms with Crippen molar-refractivity contribution in [2.24, 2.45) is 27.9 Å². The number of nitrogens with zero attached hydrogens (tertiary/aromatic N) is 1. The van der Waals surface area contributed by atoms with Gasteiger partial charge in [0.05, 0.1) is 5.36 Å². The van der Waals surface area contributed by atoms with Crippen LogP contribution in [0.3, 0.4) is 0 Å². The van der Waals surface area contributed by atoms with Gasteiger partial charge in [-0.05, 0) is 93.5 Å². The number of hydrogen-bond acceptors (Lipinski definition) is 5. The highest BCUT2D eigenvalue weighted by molar-refractivity contribution is 6.10. The van der Waals surface area contributed by atoms with Crippen LogP contribution in [0.25, 0.3) is 61.0 Å². The van der Waals surface area contributed by atoms with Crippen LogP contribution in [0.5, 0.6) is 0 Å². The Bertz CT molecular complexity index is 2190. The van der Waals surface area contributed by atoms with Crippen LogP contribution in [0.15, 0.2) is 90.1 Å². The lowest BCUT2D eigenvalue weighted by Crippen LogP contribution is -2.58.